The van der Waals surface area contributed by atoms with Gasteiger partial charge in [0.15, 0.2) is 0 Å². The molecule has 1 saturated heterocycles. The van der Waals surface area contributed by atoms with Crippen LogP contribution in [0.25, 0.3) is 6.08 Å². The second-order valence-corrected chi connectivity index (χ2v) is 4.43. The third kappa shape index (κ3) is 2.79. The van der Waals surface area contributed by atoms with Crippen LogP contribution in [0.4, 0.5) is 5.82 Å². The number of aromatic nitrogens is 2. The molecular formula is C11H14ClN3O4. The van der Waals surface area contributed by atoms with E-state index < -0.39 is 24.1 Å². The van der Waals surface area contributed by atoms with Crippen LogP contribution in [0.3, 0.4) is 0 Å². The number of aliphatic hydroxyl groups is 2. The van der Waals surface area contributed by atoms with E-state index in [1.165, 1.54) is 22.4 Å². The van der Waals surface area contributed by atoms with Crippen LogP contribution in [0.2, 0.25) is 0 Å². The first-order valence-corrected chi connectivity index (χ1v) is 6.10. The Bertz CT molecular complexity index is 545. The highest BCUT2D eigenvalue weighted by Gasteiger charge is 2.35. The molecule has 3 atom stereocenters. The molecule has 1 aromatic heterocycles. The molecule has 2 rings (SSSR count). The van der Waals surface area contributed by atoms with Crippen molar-refractivity contribution in [3.63, 3.8) is 0 Å². The molecule has 0 radical (unpaired) electrons. The average Bonchev–Trinajstić information content (AvgIpc) is 2.74. The van der Waals surface area contributed by atoms with Gasteiger partial charge in [-0.3, -0.25) is 4.57 Å². The number of nitrogen functional groups attached to an aromatic ring is 1. The van der Waals surface area contributed by atoms with Crippen LogP contribution >= 0.6 is 11.6 Å². The van der Waals surface area contributed by atoms with Crippen LogP contribution in [0.15, 0.2) is 16.5 Å². The smallest absolute Gasteiger partial charge is 0.351 e. The fraction of sp³-hybridized carbons (Fsp3) is 0.455. The molecule has 0 saturated carbocycles. The van der Waals surface area contributed by atoms with Crippen LogP contribution in [-0.4, -0.2) is 38.6 Å². The van der Waals surface area contributed by atoms with Gasteiger partial charge in [0.2, 0.25) is 0 Å². The Kier molecular flexibility index (Phi) is 4.20. The van der Waals surface area contributed by atoms with Gasteiger partial charge in [-0.25, -0.2) is 4.79 Å². The molecule has 1 aromatic rings. The molecule has 0 aliphatic carbocycles. The van der Waals surface area contributed by atoms with Crippen molar-refractivity contribution in [1.82, 2.24) is 9.55 Å². The van der Waals surface area contributed by atoms with E-state index in [4.69, 9.17) is 27.2 Å². The van der Waals surface area contributed by atoms with Crippen LogP contribution < -0.4 is 11.4 Å². The van der Waals surface area contributed by atoms with Gasteiger partial charge < -0.3 is 20.7 Å². The second kappa shape index (κ2) is 5.70. The highest BCUT2D eigenvalue weighted by Crippen LogP contribution is 2.27. The first-order chi connectivity index (χ1) is 9.06. The number of halogens is 1. The highest BCUT2D eigenvalue weighted by molar-refractivity contribution is 6.27. The minimum absolute atomic E-state index is 0.0652. The number of rotatable bonds is 3. The maximum Gasteiger partial charge on any atom is 0.351 e. The summed E-state index contributed by atoms with van der Waals surface area (Å²) in [7, 11) is 0. The molecule has 1 fully saturated rings. The Labute approximate surface area is 113 Å². The van der Waals surface area contributed by atoms with Gasteiger partial charge in [0.05, 0.1) is 12.7 Å². The quantitative estimate of drug-likeness (QED) is 0.702. The summed E-state index contributed by atoms with van der Waals surface area (Å²) in [6, 6.07) is 0. The Balaban J connectivity index is 2.35. The molecule has 0 amide bonds. The lowest BCUT2D eigenvalue weighted by molar-refractivity contribution is -0.0458. The summed E-state index contributed by atoms with van der Waals surface area (Å²) in [4.78, 5) is 15.4. The van der Waals surface area contributed by atoms with Crippen molar-refractivity contribution in [1.29, 1.82) is 0 Å². The Hall–Kier alpha value is -1.41. The predicted molar refractivity (Wildman–Crippen MR) is 69.4 cm³/mol. The van der Waals surface area contributed by atoms with Gasteiger partial charge in [0.1, 0.15) is 18.1 Å². The van der Waals surface area contributed by atoms with Gasteiger partial charge in [0, 0.05) is 23.7 Å². The fourth-order valence-corrected chi connectivity index (χ4v) is 2.09. The van der Waals surface area contributed by atoms with Crippen LogP contribution in [0.5, 0.6) is 0 Å². The van der Waals surface area contributed by atoms with E-state index in [1.807, 2.05) is 0 Å². The third-order valence-corrected chi connectivity index (χ3v) is 3.07. The van der Waals surface area contributed by atoms with Crippen molar-refractivity contribution < 1.29 is 14.9 Å². The summed E-state index contributed by atoms with van der Waals surface area (Å²) in [6.07, 6.45) is 0.930. The van der Waals surface area contributed by atoms with Gasteiger partial charge in [-0.15, -0.1) is 0 Å². The molecule has 0 aromatic carbocycles. The maximum absolute atomic E-state index is 11.8. The van der Waals surface area contributed by atoms with Crippen LogP contribution in [0.1, 0.15) is 18.2 Å². The van der Waals surface area contributed by atoms with Crippen molar-refractivity contribution in [2.24, 2.45) is 0 Å². The lowest BCUT2D eigenvalue weighted by Gasteiger charge is -2.15. The summed E-state index contributed by atoms with van der Waals surface area (Å²) >= 11 is 5.47. The van der Waals surface area contributed by atoms with E-state index in [9.17, 15) is 9.90 Å². The van der Waals surface area contributed by atoms with Gasteiger partial charge in [-0.05, 0) is 6.08 Å². The third-order valence-electron chi connectivity index (χ3n) is 2.95. The van der Waals surface area contributed by atoms with Crippen molar-refractivity contribution >= 4 is 23.5 Å². The zero-order chi connectivity index (χ0) is 14.0. The van der Waals surface area contributed by atoms with Gasteiger partial charge >= 0.3 is 5.69 Å². The minimum Gasteiger partial charge on any atom is -0.394 e. The summed E-state index contributed by atoms with van der Waals surface area (Å²) in [5, 5.41) is 18.7. The molecule has 1 aliphatic rings. The van der Waals surface area contributed by atoms with E-state index in [2.05, 4.69) is 4.98 Å². The standard InChI is InChI=1S/C11H14ClN3O4/c12-2-1-6-4-15(11(18)14-10(6)13)9-3-7(17)8(5-16)19-9/h1-2,4,7-9,16-17H,3,5H2,(H2,13,14,18)/b2-1-/t7-,8+,9+/m0/s1. The van der Waals surface area contributed by atoms with E-state index in [0.717, 1.165) is 0 Å². The maximum atomic E-state index is 11.8. The molecule has 8 heteroatoms. The van der Waals surface area contributed by atoms with Crippen molar-refractivity contribution in [3.8, 4) is 0 Å². The van der Waals surface area contributed by atoms with E-state index in [1.54, 1.807) is 0 Å². The summed E-state index contributed by atoms with van der Waals surface area (Å²) in [6.45, 7) is -0.316. The molecule has 104 valence electrons. The minimum atomic E-state index is -0.827. The molecule has 0 spiro atoms. The van der Waals surface area contributed by atoms with E-state index >= 15 is 0 Å². The number of nitrogens with zero attached hydrogens (tertiary/aromatic N) is 2. The first-order valence-electron chi connectivity index (χ1n) is 5.66. The number of aliphatic hydroxyl groups excluding tert-OH is 2. The molecule has 2 heterocycles. The normalized spacial score (nSPS) is 27.2. The van der Waals surface area contributed by atoms with E-state index in [-0.39, 0.29) is 18.8 Å². The SMILES string of the molecule is Nc1nc(=O)n([C@H]2C[C@H](O)[C@@H](CO)O2)cc1/C=C\Cl. The predicted octanol–water partition coefficient (Wildman–Crippen LogP) is -0.324. The highest BCUT2D eigenvalue weighted by atomic mass is 35.5. The van der Waals surface area contributed by atoms with Gasteiger partial charge in [-0.2, -0.15) is 4.98 Å². The summed E-state index contributed by atoms with van der Waals surface area (Å²) in [5.74, 6) is 0.0652. The zero-order valence-electron chi connectivity index (χ0n) is 9.94. The molecule has 7 nitrogen and oxygen atoms in total. The zero-order valence-corrected chi connectivity index (χ0v) is 10.7. The lowest BCUT2D eigenvalue weighted by Crippen LogP contribution is -2.28. The number of anilines is 1. The molecule has 0 bridgehead atoms. The van der Waals surface area contributed by atoms with Gasteiger partial charge in [-0.1, -0.05) is 11.6 Å². The van der Waals surface area contributed by atoms with Gasteiger partial charge in [0.25, 0.3) is 0 Å². The number of hydrogen-bond acceptors (Lipinski definition) is 6. The second-order valence-electron chi connectivity index (χ2n) is 4.18. The van der Waals surface area contributed by atoms with Crippen molar-refractivity contribution in [3.05, 3.63) is 27.8 Å². The first kappa shape index (κ1) is 14.0. The summed E-state index contributed by atoms with van der Waals surface area (Å²) < 4.78 is 6.61. The molecular weight excluding hydrogens is 274 g/mol. The topological polar surface area (TPSA) is 111 Å². The number of hydrogen-bond donors (Lipinski definition) is 3. The molecule has 0 unspecified atom stereocenters. The fourth-order valence-electron chi connectivity index (χ4n) is 1.95. The molecule has 19 heavy (non-hydrogen) atoms. The van der Waals surface area contributed by atoms with E-state index in [0.29, 0.717) is 5.56 Å². The number of nitrogens with two attached hydrogens (primary N) is 1. The lowest BCUT2D eigenvalue weighted by atomic mass is 10.2. The summed E-state index contributed by atoms with van der Waals surface area (Å²) in [5.41, 5.74) is 6.73. The Morgan fingerprint density at radius 1 is 1.68 bits per heavy atom. The number of ether oxygens (including phenoxy) is 1. The van der Waals surface area contributed by atoms with Crippen LogP contribution in [0, 0.1) is 0 Å². The Morgan fingerprint density at radius 3 is 3.00 bits per heavy atom. The Morgan fingerprint density at radius 2 is 2.42 bits per heavy atom. The van der Waals surface area contributed by atoms with Crippen LogP contribution in [-0.2, 0) is 4.74 Å². The average molecular weight is 288 g/mol. The van der Waals surface area contributed by atoms with Crippen molar-refractivity contribution in [2.45, 2.75) is 24.9 Å². The monoisotopic (exact) mass is 287 g/mol. The molecule has 1 aliphatic heterocycles. The van der Waals surface area contributed by atoms with Crippen molar-refractivity contribution in [2.75, 3.05) is 12.3 Å². The molecule has 4 N–H and O–H groups in total. The largest absolute Gasteiger partial charge is 0.394 e.